The first-order valence-electron chi connectivity index (χ1n) is 9.98. The van der Waals surface area contributed by atoms with E-state index in [-0.39, 0.29) is 17.2 Å². The van der Waals surface area contributed by atoms with Crippen molar-refractivity contribution in [2.75, 3.05) is 13.2 Å². The molecule has 1 aliphatic heterocycles. The fourth-order valence-corrected chi connectivity index (χ4v) is 3.89. The number of amides is 2. The Balaban J connectivity index is 1.91. The van der Waals surface area contributed by atoms with E-state index in [9.17, 15) is 9.59 Å². The number of aryl methyl sites for hydroxylation is 1. The van der Waals surface area contributed by atoms with Crippen LogP contribution in [0.25, 0.3) is 6.08 Å². The van der Waals surface area contributed by atoms with Crippen molar-refractivity contribution in [3.8, 4) is 11.5 Å². The van der Waals surface area contributed by atoms with Gasteiger partial charge in [0, 0.05) is 6.54 Å². The smallest absolute Gasteiger partial charge is 0.265 e. The van der Waals surface area contributed by atoms with Crippen LogP contribution in [0.15, 0.2) is 59.1 Å². The number of halogens is 1. The average molecular weight is 515 g/mol. The zero-order valence-corrected chi connectivity index (χ0v) is 20.2. The Morgan fingerprint density at radius 1 is 1.19 bits per heavy atom. The molecule has 166 valence electrons. The Hall–Kier alpha value is -2.97. The van der Waals surface area contributed by atoms with Crippen LogP contribution >= 0.6 is 28.1 Å². The van der Waals surface area contributed by atoms with E-state index < -0.39 is 11.8 Å². The number of carbonyl (C=O) groups is 2. The predicted molar refractivity (Wildman–Crippen MR) is 131 cm³/mol. The van der Waals surface area contributed by atoms with Crippen LogP contribution < -0.4 is 14.8 Å². The normalized spacial score (nSPS) is 15.0. The van der Waals surface area contributed by atoms with Gasteiger partial charge in [-0.05, 0) is 71.3 Å². The number of thiocarbonyl (C=S) groups is 1. The number of benzene rings is 2. The van der Waals surface area contributed by atoms with Crippen molar-refractivity contribution in [3.63, 3.8) is 0 Å². The van der Waals surface area contributed by atoms with E-state index in [1.807, 2.05) is 38.1 Å². The van der Waals surface area contributed by atoms with Gasteiger partial charge in [-0.25, -0.2) is 0 Å². The molecule has 2 aromatic carbocycles. The van der Waals surface area contributed by atoms with E-state index >= 15 is 0 Å². The first-order valence-corrected chi connectivity index (χ1v) is 11.2. The molecule has 32 heavy (non-hydrogen) atoms. The summed E-state index contributed by atoms with van der Waals surface area (Å²) in [6.45, 7) is 8.52. The van der Waals surface area contributed by atoms with Gasteiger partial charge in [-0.15, -0.1) is 6.58 Å². The van der Waals surface area contributed by atoms with Crippen molar-refractivity contribution in [1.82, 2.24) is 10.2 Å². The van der Waals surface area contributed by atoms with Gasteiger partial charge in [-0.3, -0.25) is 19.8 Å². The van der Waals surface area contributed by atoms with Crippen molar-refractivity contribution >= 4 is 51.2 Å². The quantitative estimate of drug-likeness (QED) is 0.242. The minimum Gasteiger partial charge on any atom is -0.490 e. The number of rotatable bonds is 8. The van der Waals surface area contributed by atoms with E-state index in [0.717, 1.165) is 5.56 Å². The number of hydrogen-bond donors (Lipinski definition) is 1. The van der Waals surface area contributed by atoms with E-state index in [4.69, 9.17) is 21.7 Å². The molecule has 0 atom stereocenters. The Bertz CT molecular complexity index is 1100. The second-order valence-corrected chi connectivity index (χ2v) is 8.30. The summed E-state index contributed by atoms with van der Waals surface area (Å²) in [5, 5.41) is 2.60. The van der Waals surface area contributed by atoms with Crippen molar-refractivity contribution < 1.29 is 19.1 Å². The standard InChI is InChI=1S/C24H23BrN2O4S/c1-4-10-27-23(29)18(22(28)26-24(27)32)11-17-12-19(25)21(20(13-17)30-5-2)31-14-16-8-6-15(3)7-9-16/h4,6-9,11-13H,1,5,10,14H2,2-3H3,(H,26,28,32)/b18-11+. The molecule has 0 saturated carbocycles. The number of ether oxygens (including phenoxy) is 2. The molecular formula is C24H23BrN2O4S. The van der Waals surface area contributed by atoms with Crippen LogP contribution in [0.1, 0.15) is 23.6 Å². The van der Waals surface area contributed by atoms with Crippen LogP contribution in [0, 0.1) is 6.92 Å². The Morgan fingerprint density at radius 3 is 2.56 bits per heavy atom. The van der Waals surface area contributed by atoms with Crippen LogP contribution in [-0.4, -0.2) is 35.0 Å². The summed E-state index contributed by atoms with van der Waals surface area (Å²) in [5.41, 5.74) is 2.78. The maximum absolute atomic E-state index is 12.8. The maximum Gasteiger partial charge on any atom is 0.265 e. The monoisotopic (exact) mass is 514 g/mol. The van der Waals surface area contributed by atoms with Gasteiger partial charge in [0.15, 0.2) is 16.6 Å². The molecule has 1 fully saturated rings. The van der Waals surface area contributed by atoms with E-state index in [2.05, 4.69) is 27.8 Å². The molecule has 6 nitrogen and oxygen atoms in total. The molecule has 0 bridgehead atoms. The molecule has 3 rings (SSSR count). The van der Waals surface area contributed by atoms with E-state index in [0.29, 0.717) is 34.7 Å². The molecule has 1 aliphatic rings. The molecule has 1 N–H and O–H groups in total. The SMILES string of the molecule is C=CCN1C(=O)/C(=C/c2cc(Br)c(OCc3ccc(C)cc3)c(OCC)c2)C(=O)NC1=S. The Morgan fingerprint density at radius 2 is 1.91 bits per heavy atom. The second-order valence-electron chi connectivity index (χ2n) is 7.06. The number of nitrogens with zero attached hydrogens (tertiary/aromatic N) is 1. The third-order valence-corrected chi connectivity index (χ3v) is 5.56. The van der Waals surface area contributed by atoms with Crippen LogP contribution in [0.3, 0.4) is 0 Å². The number of nitrogens with one attached hydrogen (secondary N) is 1. The topological polar surface area (TPSA) is 67.9 Å². The molecule has 0 unspecified atom stereocenters. The average Bonchev–Trinajstić information content (AvgIpc) is 2.75. The summed E-state index contributed by atoms with van der Waals surface area (Å²) in [6.07, 6.45) is 3.05. The lowest BCUT2D eigenvalue weighted by Gasteiger charge is -2.27. The lowest BCUT2D eigenvalue weighted by molar-refractivity contribution is -0.128. The Labute approximate surface area is 201 Å². The van der Waals surface area contributed by atoms with Crippen LogP contribution in [0.2, 0.25) is 0 Å². The highest BCUT2D eigenvalue weighted by atomic mass is 79.9. The predicted octanol–water partition coefficient (Wildman–Crippen LogP) is 4.55. The van der Waals surface area contributed by atoms with Crippen LogP contribution in [-0.2, 0) is 16.2 Å². The molecule has 1 heterocycles. The fourth-order valence-electron chi connectivity index (χ4n) is 3.07. The van der Waals surface area contributed by atoms with Gasteiger partial charge >= 0.3 is 0 Å². The first-order chi connectivity index (χ1) is 15.3. The van der Waals surface area contributed by atoms with Crippen molar-refractivity contribution in [2.45, 2.75) is 20.5 Å². The van der Waals surface area contributed by atoms with E-state index in [1.165, 1.54) is 16.5 Å². The molecule has 0 aliphatic carbocycles. The lowest BCUT2D eigenvalue weighted by atomic mass is 10.1. The van der Waals surface area contributed by atoms with Gasteiger partial charge in [0.2, 0.25) is 0 Å². The minimum absolute atomic E-state index is 0.0249. The molecule has 0 aromatic heterocycles. The summed E-state index contributed by atoms with van der Waals surface area (Å²) < 4.78 is 12.4. The van der Waals surface area contributed by atoms with Gasteiger partial charge in [0.1, 0.15) is 12.2 Å². The van der Waals surface area contributed by atoms with E-state index in [1.54, 1.807) is 18.2 Å². The first kappa shape index (κ1) is 23.7. The highest BCUT2D eigenvalue weighted by Gasteiger charge is 2.32. The minimum atomic E-state index is -0.547. The largest absolute Gasteiger partial charge is 0.490 e. The van der Waals surface area contributed by atoms with Crippen molar-refractivity contribution in [1.29, 1.82) is 0 Å². The highest BCUT2D eigenvalue weighted by Crippen LogP contribution is 2.38. The van der Waals surface area contributed by atoms with Crippen LogP contribution in [0.5, 0.6) is 11.5 Å². The summed E-state index contributed by atoms with van der Waals surface area (Å²) in [6, 6.07) is 11.6. The van der Waals surface area contributed by atoms with Crippen molar-refractivity contribution in [3.05, 3.63) is 75.8 Å². The highest BCUT2D eigenvalue weighted by molar-refractivity contribution is 9.10. The summed E-state index contributed by atoms with van der Waals surface area (Å²) in [5.74, 6) is 0.0213. The third kappa shape index (κ3) is 5.44. The lowest BCUT2D eigenvalue weighted by Crippen LogP contribution is -2.53. The van der Waals surface area contributed by atoms with Crippen molar-refractivity contribution in [2.24, 2.45) is 0 Å². The molecule has 0 radical (unpaired) electrons. The fraction of sp³-hybridized carbons (Fsp3) is 0.208. The van der Waals surface area contributed by atoms with Gasteiger partial charge < -0.3 is 9.47 Å². The van der Waals surface area contributed by atoms with Gasteiger partial charge in [-0.1, -0.05) is 35.9 Å². The molecule has 0 spiro atoms. The zero-order valence-electron chi connectivity index (χ0n) is 17.8. The summed E-state index contributed by atoms with van der Waals surface area (Å²) in [4.78, 5) is 26.5. The zero-order chi connectivity index (χ0) is 23.3. The molecule has 2 amide bonds. The number of hydrogen-bond acceptors (Lipinski definition) is 5. The summed E-state index contributed by atoms with van der Waals surface area (Å²) in [7, 11) is 0. The second kappa shape index (κ2) is 10.6. The third-order valence-electron chi connectivity index (χ3n) is 4.64. The Kier molecular flexibility index (Phi) is 7.82. The maximum atomic E-state index is 12.8. The van der Waals surface area contributed by atoms with Gasteiger partial charge in [0.25, 0.3) is 11.8 Å². The van der Waals surface area contributed by atoms with Gasteiger partial charge in [-0.2, -0.15) is 0 Å². The van der Waals surface area contributed by atoms with Crippen LogP contribution in [0.4, 0.5) is 0 Å². The molecule has 1 saturated heterocycles. The molecular weight excluding hydrogens is 492 g/mol. The summed E-state index contributed by atoms with van der Waals surface area (Å²) >= 11 is 8.62. The molecule has 8 heteroatoms. The number of carbonyl (C=O) groups excluding carboxylic acids is 2. The van der Waals surface area contributed by atoms with Gasteiger partial charge in [0.05, 0.1) is 11.1 Å². The molecule has 2 aromatic rings.